The van der Waals surface area contributed by atoms with Crippen molar-refractivity contribution in [2.45, 2.75) is 11.2 Å². The van der Waals surface area contributed by atoms with Crippen LogP contribution in [-0.4, -0.2) is 7.11 Å². The number of alkyl halides is 1. The summed E-state index contributed by atoms with van der Waals surface area (Å²) in [6.07, 6.45) is 0.444. The van der Waals surface area contributed by atoms with Gasteiger partial charge in [0.15, 0.2) is 0 Å². The topological polar surface area (TPSA) is 9.23 Å². The second kappa shape index (κ2) is 6.15. The fourth-order valence-corrected chi connectivity index (χ4v) is 2.47. The molecule has 0 N–H and O–H groups in total. The maximum Gasteiger partial charge on any atom is 0.129 e. The number of benzene rings is 2. The Balaban J connectivity index is 2.17. The van der Waals surface area contributed by atoms with Gasteiger partial charge in [0.1, 0.15) is 17.4 Å². The summed E-state index contributed by atoms with van der Waals surface area (Å²) in [5.41, 5.74) is 1.47. The van der Waals surface area contributed by atoms with E-state index in [-0.39, 0.29) is 4.83 Å². The Kier molecular flexibility index (Phi) is 4.53. The zero-order valence-corrected chi connectivity index (χ0v) is 12.0. The standard InChI is InChI=1S/C15H13BrF2O/c1-19-13-4-2-3-10(7-13)14(16)8-11-5-6-12(17)9-15(11)18/h2-7,9,14H,8H2,1H3. The molecule has 0 aliphatic carbocycles. The van der Waals surface area contributed by atoms with Crippen molar-refractivity contribution in [3.05, 3.63) is 65.2 Å². The molecule has 4 heteroatoms. The first-order valence-corrected chi connectivity index (χ1v) is 6.73. The second-order valence-electron chi connectivity index (χ2n) is 4.18. The summed E-state index contributed by atoms with van der Waals surface area (Å²) in [5.74, 6) is -0.331. The molecule has 2 aromatic rings. The molecular formula is C15H13BrF2O. The monoisotopic (exact) mass is 326 g/mol. The molecular weight excluding hydrogens is 314 g/mol. The number of hydrogen-bond donors (Lipinski definition) is 0. The van der Waals surface area contributed by atoms with Crippen LogP contribution in [0.1, 0.15) is 16.0 Å². The first-order valence-electron chi connectivity index (χ1n) is 5.82. The lowest BCUT2D eigenvalue weighted by Gasteiger charge is -2.12. The molecule has 0 aliphatic rings. The van der Waals surface area contributed by atoms with Crippen LogP contribution in [0.4, 0.5) is 8.78 Å². The van der Waals surface area contributed by atoms with E-state index in [1.165, 1.54) is 12.1 Å². The lowest BCUT2D eigenvalue weighted by Crippen LogP contribution is -1.99. The van der Waals surface area contributed by atoms with Gasteiger partial charge in [0, 0.05) is 10.9 Å². The molecule has 0 aliphatic heterocycles. The summed E-state index contributed by atoms with van der Waals surface area (Å²) in [5, 5.41) is 0. The molecule has 1 atom stereocenters. The zero-order chi connectivity index (χ0) is 13.8. The third kappa shape index (κ3) is 3.53. The van der Waals surface area contributed by atoms with Crippen molar-refractivity contribution in [1.82, 2.24) is 0 Å². The molecule has 2 aromatic carbocycles. The van der Waals surface area contributed by atoms with Crippen LogP contribution >= 0.6 is 15.9 Å². The zero-order valence-electron chi connectivity index (χ0n) is 10.4. The Morgan fingerprint density at radius 1 is 1.16 bits per heavy atom. The molecule has 0 radical (unpaired) electrons. The molecule has 0 saturated heterocycles. The molecule has 0 bridgehead atoms. The van der Waals surface area contributed by atoms with Crippen LogP contribution in [0.15, 0.2) is 42.5 Å². The minimum absolute atomic E-state index is 0.0532. The molecule has 100 valence electrons. The van der Waals surface area contributed by atoms with Gasteiger partial charge >= 0.3 is 0 Å². The van der Waals surface area contributed by atoms with E-state index in [1.54, 1.807) is 7.11 Å². The number of ether oxygens (including phenoxy) is 1. The van der Waals surface area contributed by atoms with Gasteiger partial charge in [0.25, 0.3) is 0 Å². The van der Waals surface area contributed by atoms with Gasteiger partial charge in [0.2, 0.25) is 0 Å². The van der Waals surface area contributed by atoms with E-state index < -0.39 is 11.6 Å². The highest BCUT2D eigenvalue weighted by molar-refractivity contribution is 9.09. The normalized spacial score (nSPS) is 12.2. The smallest absolute Gasteiger partial charge is 0.129 e. The molecule has 0 fully saturated rings. The number of hydrogen-bond acceptors (Lipinski definition) is 1. The molecule has 2 rings (SSSR count). The van der Waals surface area contributed by atoms with Gasteiger partial charge in [-0.3, -0.25) is 0 Å². The molecule has 0 saturated carbocycles. The Morgan fingerprint density at radius 3 is 2.63 bits per heavy atom. The van der Waals surface area contributed by atoms with Crippen LogP contribution in [0, 0.1) is 11.6 Å². The van der Waals surface area contributed by atoms with Crippen LogP contribution < -0.4 is 4.74 Å². The fraction of sp³-hybridized carbons (Fsp3) is 0.200. The molecule has 0 amide bonds. The molecule has 1 unspecified atom stereocenters. The summed E-state index contributed by atoms with van der Waals surface area (Å²) in [6.45, 7) is 0. The van der Waals surface area contributed by atoms with Gasteiger partial charge in [-0.1, -0.05) is 34.1 Å². The highest BCUT2D eigenvalue weighted by atomic mass is 79.9. The van der Waals surface area contributed by atoms with Crippen LogP contribution in [0.2, 0.25) is 0 Å². The Morgan fingerprint density at radius 2 is 1.95 bits per heavy atom. The minimum Gasteiger partial charge on any atom is -0.497 e. The maximum absolute atomic E-state index is 13.6. The van der Waals surface area contributed by atoms with E-state index in [4.69, 9.17) is 4.74 Å². The minimum atomic E-state index is -0.561. The van der Waals surface area contributed by atoms with Gasteiger partial charge < -0.3 is 4.74 Å². The Bertz CT molecular complexity index is 572. The molecule has 0 aromatic heterocycles. The van der Waals surface area contributed by atoms with Crippen molar-refractivity contribution in [3.63, 3.8) is 0 Å². The van der Waals surface area contributed by atoms with E-state index in [0.717, 1.165) is 17.4 Å². The molecule has 1 nitrogen and oxygen atoms in total. The lowest BCUT2D eigenvalue weighted by molar-refractivity contribution is 0.414. The first-order chi connectivity index (χ1) is 9.10. The summed E-state index contributed by atoms with van der Waals surface area (Å²) in [7, 11) is 1.60. The van der Waals surface area contributed by atoms with Crippen molar-refractivity contribution in [3.8, 4) is 5.75 Å². The number of rotatable bonds is 4. The van der Waals surface area contributed by atoms with E-state index in [0.29, 0.717) is 12.0 Å². The van der Waals surface area contributed by atoms with Gasteiger partial charge in [-0.15, -0.1) is 0 Å². The number of methoxy groups -OCH3 is 1. The predicted octanol–water partition coefficient (Wildman–Crippen LogP) is 4.65. The van der Waals surface area contributed by atoms with Gasteiger partial charge in [-0.25, -0.2) is 8.78 Å². The van der Waals surface area contributed by atoms with Gasteiger partial charge in [-0.2, -0.15) is 0 Å². The van der Waals surface area contributed by atoms with Crippen molar-refractivity contribution in [1.29, 1.82) is 0 Å². The summed E-state index contributed by atoms with van der Waals surface area (Å²) in [4.78, 5) is -0.0532. The van der Waals surface area contributed by atoms with Crippen LogP contribution in [0.5, 0.6) is 5.75 Å². The average molecular weight is 327 g/mol. The summed E-state index contributed by atoms with van der Waals surface area (Å²) < 4.78 is 31.6. The first kappa shape index (κ1) is 14.0. The molecule has 0 heterocycles. The quantitative estimate of drug-likeness (QED) is 0.743. The van der Waals surface area contributed by atoms with Crippen molar-refractivity contribution >= 4 is 15.9 Å². The van der Waals surface area contributed by atoms with Crippen LogP contribution in [-0.2, 0) is 6.42 Å². The second-order valence-corrected chi connectivity index (χ2v) is 5.29. The predicted molar refractivity (Wildman–Crippen MR) is 74.7 cm³/mol. The fourth-order valence-electron chi connectivity index (χ4n) is 1.83. The Hall–Kier alpha value is -1.42. The van der Waals surface area contributed by atoms with Gasteiger partial charge in [0.05, 0.1) is 7.11 Å². The van der Waals surface area contributed by atoms with E-state index >= 15 is 0 Å². The SMILES string of the molecule is COc1cccc(C(Br)Cc2ccc(F)cc2F)c1. The lowest BCUT2D eigenvalue weighted by atomic mass is 10.0. The number of halogens is 3. The van der Waals surface area contributed by atoms with Crippen molar-refractivity contribution < 1.29 is 13.5 Å². The van der Waals surface area contributed by atoms with Crippen LogP contribution in [0.25, 0.3) is 0 Å². The largest absolute Gasteiger partial charge is 0.497 e. The molecule has 0 spiro atoms. The highest BCUT2D eigenvalue weighted by Crippen LogP contribution is 2.30. The maximum atomic E-state index is 13.6. The van der Waals surface area contributed by atoms with E-state index in [9.17, 15) is 8.78 Å². The van der Waals surface area contributed by atoms with Crippen molar-refractivity contribution in [2.24, 2.45) is 0 Å². The highest BCUT2D eigenvalue weighted by Gasteiger charge is 2.12. The molecule has 19 heavy (non-hydrogen) atoms. The summed E-state index contributed by atoms with van der Waals surface area (Å²) in [6, 6.07) is 11.2. The van der Waals surface area contributed by atoms with E-state index in [1.807, 2.05) is 24.3 Å². The average Bonchev–Trinajstić information content (AvgIpc) is 2.42. The summed E-state index contributed by atoms with van der Waals surface area (Å²) >= 11 is 3.52. The Labute approximate surface area is 119 Å². The van der Waals surface area contributed by atoms with Crippen LogP contribution in [0.3, 0.4) is 0 Å². The van der Waals surface area contributed by atoms with E-state index in [2.05, 4.69) is 15.9 Å². The van der Waals surface area contributed by atoms with Crippen molar-refractivity contribution in [2.75, 3.05) is 7.11 Å². The third-order valence-corrected chi connectivity index (χ3v) is 3.72. The van der Waals surface area contributed by atoms with Gasteiger partial charge in [-0.05, 0) is 35.7 Å². The third-order valence-electron chi connectivity index (χ3n) is 2.87.